The van der Waals surface area contributed by atoms with Crippen molar-refractivity contribution in [1.29, 1.82) is 0 Å². The summed E-state index contributed by atoms with van der Waals surface area (Å²) in [5, 5.41) is 0. The second kappa shape index (κ2) is 6.95. The van der Waals surface area contributed by atoms with Crippen molar-refractivity contribution in [1.82, 2.24) is 4.90 Å². The first-order chi connectivity index (χ1) is 9.61. The van der Waals surface area contributed by atoms with Gasteiger partial charge in [-0.2, -0.15) is 0 Å². The Kier molecular flexibility index (Phi) is 5.26. The lowest BCUT2D eigenvalue weighted by Crippen LogP contribution is -2.26. The van der Waals surface area contributed by atoms with Crippen LogP contribution < -0.4 is 0 Å². The summed E-state index contributed by atoms with van der Waals surface area (Å²) in [6, 6.07) is 15.7. The van der Waals surface area contributed by atoms with Crippen molar-refractivity contribution in [2.24, 2.45) is 0 Å². The first-order valence-electron chi connectivity index (χ1n) is 6.24. The van der Waals surface area contributed by atoms with Gasteiger partial charge in [0.05, 0.1) is 5.56 Å². The van der Waals surface area contributed by atoms with E-state index in [1.165, 1.54) is 0 Å². The minimum atomic E-state index is 0.0509. The number of thioether (sulfide) groups is 1. The molecule has 0 aliphatic carbocycles. The molecule has 0 saturated carbocycles. The lowest BCUT2D eigenvalue weighted by atomic mass is 10.1. The number of halogens is 1. The molecular weight excluding hydrogens is 334 g/mol. The quantitative estimate of drug-likeness (QED) is 0.760. The van der Waals surface area contributed by atoms with Crippen LogP contribution in [0.3, 0.4) is 0 Å². The summed E-state index contributed by atoms with van der Waals surface area (Å²) in [4.78, 5) is 15.3. The molecule has 0 bridgehead atoms. The standard InChI is InChI=1S/C16H16BrNOS/c1-18(11-12-6-5-7-13(17)10-12)16(19)14-8-3-4-9-15(14)20-2/h3-10H,11H2,1-2H3. The number of amides is 1. The molecule has 0 atom stereocenters. The molecule has 2 nitrogen and oxygen atoms in total. The van der Waals surface area contributed by atoms with Crippen LogP contribution >= 0.6 is 27.7 Å². The van der Waals surface area contributed by atoms with Crippen LogP contribution in [0.25, 0.3) is 0 Å². The maximum atomic E-state index is 12.5. The van der Waals surface area contributed by atoms with E-state index in [-0.39, 0.29) is 5.91 Å². The highest BCUT2D eigenvalue weighted by Gasteiger charge is 2.15. The zero-order valence-corrected chi connectivity index (χ0v) is 13.9. The molecule has 0 unspecified atom stereocenters. The molecule has 1 amide bonds. The molecule has 2 aromatic rings. The van der Waals surface area contributed by atoms with Crippen LogP contribution in [0.15, 0.2) is 57.9 Å². The SMILES string of the molecule is CSc1ccccc1C(=O)N(C)Cc1cccc(Br)c1. The molecule has 0 aliphatic heterocycles. The Hall–Kier alpha value is -1.26. The van der Waals surface area contributed by atoms with Gasteiger partial charge in [-0.1, -0.05) is 40.2 Å². The molecule has 0 fully saturated rings. The van der Waals surface area contributed by atoms with Gasteiger partial charge in [0.15, 0.2) is 0 Å². The van der Waals surface area contributed by atoms with Gasteiger partial charge in [0.1, 0.15) is 0 Å². The Balaban J connectivity index is 2.16. The van der Waals surface area contributed by atoms with Crippen molar-refractivity contribution in [3.05, 3.63) is 64.1 Å². The molecule has 0 aliphatic rings. The molecule has 2 aromatic carbocycles. The Morgan fingerprint density at radius 2 is 1.95 bits per heavy atom. The van der Waals surface area contributed by atoms with Crippen LogP contribution in [-0.2, 0) is 6.54 Å². The number of benzene rings is 2. The largest absolute Gasteiger partial charge is 0.337 e. The van der Waals surface area contributed by atoms with Gasteiger partial charge in [0.2, 0.25) is 0 Å². The summed E-state index contributed by atoms with van der Waals surface area (Å²) in [6.07, 6.45) is 1.99. The van der Waals surface area contributed by atoms with E-state index < -0.39 is 0 Å². The molecule has 2 rings (SSSR count). The van der Waals surface area contributed by atoms with Gasteiger partial charge in [0.25, 0.3) is 5.91 Å². The van der Waals surface area contributed by atoms with E-state index in [1.807, 2.05) is 61.8 Å². The molecule has 4 heteroatoms. The maximum absolute atomic E-state index is 12.5. The predicted molar refractivity (Wildman–Crippen MR) is 88.2 cm³/mol. The van der Waals surface area contributed by atoms with Crippen molar-refractivity contribution >= 4 is 33.6 Å². The number of hydrogen-bond acceptors (Lipinski definition) is 2. The second-order valence-corrected chi connectivity index (χ2v) is 6.26. The summed E-state index contributed by atoms with van der Waals surface area (Å²) in [7, 11) is 1.83. The van der Waals surface area contributed by atoms with E-state index in [2.05, 4.69) is 15.9 Å². The topological polar surface area (TPSA) is 20.3 Å². The summed E-state index contributed by atoms with van der Waals surface area (Å²) in [6.45, 7) is 0.598. The average Bonchev–Trinajstić information content (AvgIpc) is 2.46. The molecule has 0 spiro atoms. The third kappa shape index (κ3) is 3.64. The van der Waals surface area contributed by atoms with Crippen LogP contribution in [0.4, 0.5) is 0 Å². The highest BCUT2D eigenvalue weighted by Crippen LogP contribution is 2.22. The van der Waals surface area contributed by atoms with Gasteiger partial charge in [0, 0.05) is 23.0 Å². The van der Waals surface area contributed by atoms with Gasteiger partial charge in [-0.05, 0) is 36.1 Å². The fourth-order valence-corrected chi connectivity index (χ4v) is 3.04. The smallest absolute Gasteiger partial charge is 0.255 e. The van der Waals surface area contributed by atoms with E-state index in [4.69, 9.17) is 0 Å². The minimum Gasteiger partial charge on any atom is -0.337 e. The molecule has 0 N–H and O–H groups in total. The Bertz CT molecular complexity index is 615. The van der Waals surface area contributed by atoms with E-state index in [9.17, 15) is 4.79 Å². The Morgan fingerprint density at radius 3 is 2.65 bits per heavy atom. The van der Waals surface area contributed by atoms with Crippen LogP contribution in [0.1, 0.15) is 15.9 Å². The third-order valence-corrected chi connectivity index (χ3v) is 4.28. The van der Waals surface area contributed by atoms with Crippen LogP contribution in [-0.4, -0.2) is 24.1 Å². The van der Waals surface area contributed by atoms with Crippen LogP contribution in [0, 0.1) is 0 Å². The first kappa shape index (κ1) is 15.1. The normalized spacial score (nSPS) is 10.3. The fourth-order valence-electron chi connectivity index (χ4n) is 2.01. The molecule has 0 aromatic heterocycles. The number of hydrogen-bond donors (Lipinski definition) is 0. The monoisotopic (exact) mass is 349 g/mol. The molecular formula is C16H16BrNOS. The molecule has 0 radical (unpaired) electrons. The summed E-state index contributed by atoms with van der Waals surface area (Å²) >= 11 is 5.04. The minimum absolute atomic E-state index is 0.0509. The van der Waals surface area contributed by atoms with Gasteiger partial charge >= 0.3 is 0 Å². The van der Waals surface area contributed by atoms with Crippen molar-refractivity contribution in [2.75, 3.05) is 13.3 Å². The third-order valence-electron chi connectivity index (χ3n) is 2.99. The fraction of sp³-hybridized carbons (Fsp3) is 0.188. The summed E-state index contributed by atoms with van der Waals surface area (Å²) < 4.78 is 1.03. The lowest BCUT2D eigenvalue weighted by molar-refractivity contribution is 0.0781. The van der Waals surface area contributed by atoms with E-state index in [1.54, 1.807) is 16.7 Å². The number of carbonyl (C=O) groups is 1. The second-order valence-electron chi connectivity index (χ2n) is 4.49. The zero-order valence-electron chi connectivity index (χ0n) is 11.5. The molecule has 0 saturated heterocycles. The number of nitrogens with zero attached hydrogens (tertiary/aromatic N) is 1. The van der Waals surface area contributed by atoms with Gasteiger partial charge in [-0.15, -0.1) is 11.8 Å². The van der Waals surface area contributed by atoms with Crippen LogP contribution in [0.5, 0.6) is 0 Å². The van der Waals surface area contributed by atoms with Crippen molar-refractivity contribution in [3.8, 4) is 0 Å². The molecule has 20 heavy (non-hydrogen) atoms. The summed E-state index contributed by atoms with van der Waals surface area (Å²) in [5.41, 5.74) is 1.87. The van der Waals surface area contributed by atoms with Crippen molar-refractivity contribution in [2.45, 2.75) is 11.4 Å². The van der Waals surface area contributed by atoms with Gasteiger partial charge in [-0.25, -0.2) is 0 Å². The lowest BCUT2D eigenvalue weighted by Gasteiger charge is -2.19. The number of carbonyl (C=O) groups excluding carboxylic acids is 1. The van der Waals surface area contributed by atoms with Gasteiger partial charge < -0.3 is 4.90 Å². The van der Waals surface area contributed by atoms with E-state index in [0.29, 0.717) is 6.54 Å². The van der Waals surface area contributed by atoms with E-state index >= 15 is 0 Å². The molecule has 104 valence electrons. The Labute approximate surface area is 132 Å². The van der Waals surface area contributed by atoms with Crippen molar-refractivity contribution < 1.29 is 4.79 Å². The van der Waals surface area contributed by atoms with Crippen LogP contribution in [0.2, 0.25) is 0 Å². The first-order valence-corrected chi connectivity index (χ1v) is 8.26. The van der Waals surface area contributed by atoms with E-state index in [0.717, 1.165) is 20.5 Å². The number of rotatable bonds is 4. The van der Waals surface area contributed by atoms with Crippen molar-refractivity contribution in [3.63, 3.8) is 0 Å². The van der Waals surface area contributed by atoms with Gasteiger partial charge in [-0.3, -0.25) is 4.79 Å². The average molecular weight is 350 g/mol. The predicted octanol–water partition coefficient (Wildman–Crippen LogP) is 4.44. The highest BCUT2D eigenvalue weighted by atomic mass is 79.9. The maximum Gasteiger partial charge on any atom is 0.255 e. The molecule has 0 heterocycles. The summed E-state index contributed by atoms with van der Waals surface area (Å²) in [5.74, 6) is 0.0509. The zero-order chi connectivity index (χ0) is 14.5. The Morgan fingerprint density at radius 1 is 1.20 bits per heavy atom. The highest BCUT2D eigenvalue weighted by molar-refractivity contribution is 9.10.